The first-order valence-electron chi connectivity index (χ1n) is 7.48. The van der Waals surface area contributed by atoms with E-state index in [-0.39, 0.29) is 12.0 Å². The van der Waals surface area contributed by atoms with E-state index >= 15 is 0 Å². The maximum atomic E-state index is 12.2. The first kappa shape index (κ1) is 16.2. The minimum Gasteiger partial charge on any atom is -0.444 e. The third-order valence-electron chi connectivity index (χ3n) is 3.70. The van der Waals surface area contributed by atoms with E-state index in [0.29, 0.717) is 19.0 Å². The molecule has 5 nitrogen and oxygen atoms in total. The van der Waals surface area contributed by atoms with E-state index in [0.717, 1.165) is 24.4 Å². The Bertz CT molecular complexity index is 456. The quantitative estimate of drug-likeness (QED) is 0.932. The van der Waals surface area contributed by atoms with E-state index in [1.54, 1.807) is 11.3 Å². The monoisotopic (exact) mass is 311 g/mol. The fraction of sp³-hybridized carbons (Fsp3) is 0.733. The second kappa shape index (κ2) is 6.75. The fourth-order valence-electron chi connectivity index (χ4n) is 2.74. The summed E-state index contributed by atoms with van der Waals surface area (Å²) in [5.74, 6) is 0.595. The van der Waals surface area contributed by atoms with Gasteiger partial charge >= 0.3 is 6.09 Å². The van der Waals surface area contributed by atoms with Crippen molar-refractivity contribution in [3.05, 3.63) is 16.6 Å². The second-order valence-corrected chi connectivity index (χ2v) is 7.47. The first-order chi connectivity index (χ1) is 9.90. The van der Waals surface area contributed by atoms with Gasteiger partial charge in [0.15, 0.2) is 0 Å². The molecule has 0 radical (unpaired) electrons. The standard InChI is InChI=1S/C15H25N3O2S/c1-15(2,3)20-14(19)18-7-4-5-11(10-18)12(9-16)13-17-6-8-21-13/h6,8,11-12H,4-5,7,9-10,16H2,1-3H3. The van der Waals surface area contributed by atoms with Crippen LogP contribution in [0.1, 0.15) is 44.5 Å². The van der Waals surface area contributed by atoms with Crippen LogP contribution in [0.2, 0.25) is 0 Å². The molecule has 2 rings (SSSR count). The van der Waals surface area contributed by atoms with E-state index in [1.165, 1.54) is 0 Å². The van der Waals surface area contributed by atoms with Crippen molar-refractivity contribution >= 4 is 17.4 Å². The molecule has 0 spiro atoms. The Labute approximate surface area is 130 Å². The van der Waals surface area contributed by atoms with E-state index in [4.69, 9.17) is 10.5 Å². The van der Waals surface area contributed by atoms with Gasteiger partial charge in [0.05, 0.1) is 5.01 Å². The predicted molar refractivity (Wildman–Crippen MR) is 84.4 cm³/mol. The Morgan fingerprint density at radius 2 is 2.38 bits per heavy atom. The van der Waals surface area contributed by atoms with Gasteiger partial charge in [-0.25, -0.2) is 9.78 Å². The number of likely N-dealkylation sites (tertiary alicyclic amines) is 1. The number of hydrogen-bond acceptors (Lipinski definition) is 5. The molecule has 1 saturated heterocycles. The van der Waals surface area contributed by atoms with Crippen LogP contribution in [0.3, 0.4) is 0 Å². The van der Waals surface area contributed by atoms with Crippen LogP contribution in [-0.4, -0.2) is 41.2 Å². The summed E-state index contributed by atoms with van der Waals surface area (Å²) in [5.41, 5.74) is 5.50. The topological polar surface area (TPSA) is 68.5 Å². The SMILES string of the molecule is CC(C)(C)OC(=O)N1CCCC(C(CN)c2nccs2)C1. The van der Waals surface area contributed by atoms with Crippen LogP contribution in [0.25, 0.3) is 0 Å². The molecule has 1 aliphatic heterocycles. The van der Waals surface area contributed by atoms with E-state index < -0.39 is 5.60 Å². The zero-order chi connectivity index (χ0) is 15.5. The molecule has 2 atom stereocenters. The van der Waals surface area contributed by atoms with Crippen LogP contribution in [0.4, 0.5) is 4.79 Å². The highest BCUT2D eigenvalue weighted by Gasteiger charge is 2.32. The lowest BCUT2D eigenvalue weighted by atomic mass is 9.86. The summed E-state index contributed by atoms with van der Waals surface area (Å²) in [6, 6.07) is 0. The Kier molecular flexibility index (Phi) is 5.22. The maximum absolute atomic E-state index is 12.2. The van der Waals surface area contributed by atoms with Gasteiger partial charge in [0.25, 0.3) is 0 Å². The van der Waals surface area contributed by atoms with E-state index in [9.17, 15) is 4.79 Å². The number of nitrogens with two attached hydrogens (primary N) is 1. The predicted octanol–water partition coefficient (Wildman–Crippen LogP) is 2.83. The molecule has 1 aliphatic rings. The van der Waals surface area contributed by atoms with Crippen LogP contribution in [0, 0.1) is 5.92 Å². The lowest BCUT2D eigenvalue weighted by molar-refractivity contribution is 0.0152. The van der Waals surface area contributed by atoms with Gasteiger partial charge in [0.1, 0.15) is 5.60 Å². The van der Waals surface area contributed by atoms with Crippen molar-refractivity contribution in [1.82, 2.24) is 9.88 Å². The van der Waals surface area contributed by atoms with Crippen molar-refractivity contribution in [3.63, 3.8) is 0 Å². The summed E-state index contributed by atoms with van der Waals surface area (Å²) >= 11 is 1.64. The van der Waals surface area contributed by atoms with Crippen molar-refractivity contribution in [1.29, 1.82) is 0 Å². The minimum atomic E-state index is -0.452. The summed E-state index contributed by atoms with van der Waals surface area (Å²) in [6.07, 6.45) is 3.67. The number of ether oxygens (including phenoxy) is 1. The molecule has 21 heavy (non-hydrogen) atoms. The molecule has 118 valence electrons. The van der Waals surface area contributed by atoms with Gasteiger partial charge in [-0.3, -0.25) is 0 Å². The van der Waals surface area contributed by atoms with Gasteiger partial charge in [0.2, 0.25) is 0 Å². The minimum absolute atomic E-state index is 0.220. The lowest BCUT2D eigenvalue weighted by Gasteiger charge is -2.36. The molecule has 6 heteroatoms. The molecule has 0 bridgehead atoms. The van der Waals surface area contributed by atoms with Crippen LogP contribution in [0.15, 0.2) is 11.6 Å². The van der Waals surface area contributed by atoms with Crippen molar-refractivity contribution < 1.29 is 9.53 Å². The number of carbonyl (C=O) groups is 1. The molecule has 0 saturated carbocycles. The third-order valence-corrected chi connectivity index (χ3v) is 4.61. The van der Waals surface area contributed by atoms with Gasteiger partial charge in [-0.1, -0.05) is 0 Å². The van der Waals surface area contributed by atoms with Crippen molar-refractivity contribution in [2.24, 2.45) is 11.7 Å². The molecule has 1 amide bonds. The molecular weight excluding hydrogens is 286 g/mol. The number of nitrogens with zero attached hydrogens (tertiary/aromatic N) is 2. The Balaban J connectivity index is 2.01. The Morgan fingerprint density at radius 3 is 2.95 bits per heavy atom. The summed E-state index contributed by atoms with van der Waals surface area (Å²) in [6.45, 7) is 7.72. The number of carbonyl (C=O) groups excluding carboxylic acids is 1. The van der Waals surface area contributed by atoms with Crippen LogP contribution in [-0.2, 0) is 4.74 Å². The number of aromatic nitrogens is 1. The van der Waals surface area contributed by atoms with Crippen LogP contribution >= 0.6 is 11.3 Å². The van der Waals surface area contributed by atoms with Crippen molar-refractivity contribution in [3.8, 4) is 0 Å². The summed E-state index contributed by atoms with van der Waals surface area (Å²) < 4.78 is 5.47. The number of rotatable bonds is 3. The average Bonchev–Trinajstić information content (AvgIpc) is 2.92. The molecule has 1 aromatic rings. The number of amides is 1. The van der Waals surface area contributed by atoms with Gasteiger partial charge in [-0.2, -0.15) is 0 Å². The zero-order valence-corrected chi connectivity index (χ0v) is 13.9. The van der Waals surface area contributed by atoms with Crippen LogP contribution < -0.4 is 5.73 Å². The first-order valence-corrected chi connectivity index (χ1v) is 8.36. The highest BCUT2D eigenvalue weighted by Crippen LogP contribution is 2.32. The van der Waals surface area contributed by atoms with Crippen molar-refractivity contribution in [2.45, 2.75) is 45.1 Å². The van der Waals surface area contributed by atoms with Crippen LogP contribution in [0.5, 0.6) is 0 Å². The summed E-state index contributed by atoms with van der Waals surface area (Å²) in [4.78, 5) is 18.4. The summed E-state index contributed by atoms with van der Waals surface area (Å²) in [7, 11) is 0. The second-order valence-electron chi connectivity index (χ2n) is 6.54. The smallest absolute Gasteiger partial charge is 0.410 e. The van der Waals surface area contributed by atoms with Gasteiger partial charge in [0, 0.05) is 37.1 Å². The van der Waals surface area contributed by atoms with E-state index in [1.807, 2.05) is 37.2 Å². The number of hydrogen-bond donors (Lipinski definition) is 1. The molecule has 1 fully saturated rings. The largest absolute Gasteiger partial charge is 0.444 e. The highest BCUT2D eigenvalue weighted by atomic mass is 32.1. The maximum Gasteiger partial charge on any atom is 0.410 e. The Hall–Kier alpha value is -1.14. The third kappa shape index (κ3) is 4.41. The average molecular weight is 311 g/mol. The van der Waals surface area contributed by atoms with E-state index in [2.05, 4.69) is 4.98 Å². The zero-order valence-electron chi connectivity index (χ0n) is 13.0. The van der Waals surface area contributed by atoms with Gasteiger partial charge in [-0.05, 0) is 39.5 Å². The molecule has 0 aliphatic carbocycles. The van der Waals surface area contributed by atoms with Crippen molar-refractivity contribution in [2.75, 3.05) is 19.6 Å². The molecule has 2 heterocycles. The molecular formula is C15H25N3O2S. The van der Waals surface area contributed by atoms with Gasteiger partial charge in [-0.15, -0.1) is 11.3 Å². The fourth-order valence-corrected chi connectivity index (χ4v) is 3.59. The number of thiazole rings is 1. The molecule has 2 N–H and O–H groups in total. The molecule has 0 aromatic carbocycles. The molecule has 2 unspecified atom stereocenters. The van der Waals surface area contributed by atoms with Gasteiger partial charge < -0.3 is 15.4 Å². The summed E-state index contributed by atoms with van der Waals surface area (Å²) in [5, 5.41) is 3.06. The number of piperidine rings is 1. The Morgan fingerprint density at radius 1 is 1.62 bits per heavy atom. The normalized spacial score (nSPS) is 21.1. The highest BCUT2D eigenvalue weighted by molar-refractivity contribution is 7.09. The lowest BCUT2D eigenvalue weighted by Crippen LogP contribution is -2.44. The molecule has 1 aromatic heterocycles.